The predicted octanol–water partition coefficient (Wildman–Crippen LogP) is -0.746. The Morgan fingerprint density at radius 1 is 1.22 bits per heavy atom. The van der Waals surface area contributed by atoms with Crippen LogP contribution in [0.25, 0.3) is 0 Å². The van der Waals surface area contributed by atoms with Crippen molar-refractivity contribution in [3.8, 4) is 17.2 Å². The first-order valence-corrected chi connectivity index (χ1v) is 7.38. The molecule has 0 radical (unpaired) electrons. The van der Waals surface area contributed by atoms with Gasteiger partial charge in [0.15, 0.2) is 11.5 Å². The Balaban J connectivity index is 2.02. The van der Waals surface area contributed by atoms with Crippen molar-refractivity contribution in [2.75, 3.05) is 13.1 Å². The van der Waals surface area contributed by atoms with Crippen LogP contribution >= 0.6 is 0 Å². The molecule has 0 saturated carbocycles. The molecule has 1 fully saturated rings. The van der Waals surface area contributed by atoms with E-state index in [2.05, 4.69) is 4.99 Å². The summed E-state index contributed by atoms with van der Waals surface area (Å²) >= 11 is 0. The Hall–Kier alpha value is -2.64. The van der Waals surface area contributed by atoms with Gasteiger partial charge in [-0.1, -0.05) is 6.07 Å². The summed E-state index contributed by atoms with van der Waals surface area (Å²) in [6.45, 7) is 0.467. The van der Waals surface area contributed by atoms with Gasteiger partial charge in [0.05, 0.1) is 12.1 Å². The lowest BCUT2D eigenvalue weighted by Gasteiger charge is -2.42. The fraction of sp³-hybridized carbons (Fsp3) is 0.467. The van der Waals surface area contributed by atoms with Gasteiger partial charge in [-0.05, 0) is 43.2 Å². The number of piperidine rings is 1. The molecule has 0 bridgehead atoms. The molecule has 1 aliphatic rings. The van der Waals surface area contributed by atoms with Crippen molar-refractivity contribution in [2.45, 2.75) is 31.7 Å². The summed E-state index contributed by atoms with van der Waals surface area (Å²) in [7, 11) is 0. The van der Waals surface area contributed by atoms with Crippen molar-refractivity contribution < 1.29 is 25.5 Å². The maximum Gasteiger partial charge on any atom is 0.200 e. The van der Waals surface area contributed by atoms with E-state index >= 15 is 0 Å². The van der Waals surface area contributed by atoms with Crippen LogP contribution < -0.4 is 10.2 Å². The number of phenols is 3. The molecule has 1 unspecified atom stereocenters. The third-order valence-electron chi connectivity index (χ3n) is 3.89. The molecule has 4 N–H and O–H groups in total. The van der Waals surface area contributed by atoms with E-state index < -0.39 is 35.2 Å². The Bertz CT molecular complexity index is 617. The molecule has 126 valence electrons. The second-order valence-electron chi connectivity index (χ2n) is 5.42. The molecule has 23 heavy (non-hydrogen) atoms. The molecule has 0 aromatic heterocycles. The van der Waals surface area contributed by atoms with E-state index in [1.54, 1.807) is 0 Å². The van der Waals surface area contributed by atoms with E-state index in [9.17, 15) is 25.5 Å². The number of hydrogen-bond acceptors (Lipinski definition) is 7. The summed E-state index contributed by atoms with van der Waals surface area (Å²) in [5, 5.41) is 58.9. The number of phenolic OH excluding ortho intramolecular Hbond substituents is 3. The summed E-state index contributed by atoms with van der Waals surface area (Å²) in [5.74, 6) is -2.26. The van der Waals surface area contributed by atoms with Crippen molar-refractivity contribution in [1.29, 1.82) is 5.41 Å². The molecule has 0 spiro atoms. The molecule has 1 aliphatic heterocycles. The average Bonchev–Trinajstić information content (AvgIpc) is 2.54. The highest BCUT2D eigenvalue weighted by atomic mass is 16.3. The summed E-state index contributed by atoms with van der Waals surface area (Å²) in [6.07, 6.45) is 2.26. The average molecular weight is 321 g/mol. The van der Waals surface area contributed by atoms with Crippen LogP contribution in [0.15, 0.2) is 17.1 Å². The highest BCUT2D eigenvalue weighted by molar-refractivity contribution is 5.81. The molecule has 0 amide bonds. The van der Waals surface area contributed by atoms with Gasteiger partial charge in [0.1, 0.15) is 0 Å². The normalized spacial score (nSPS) is 18.9. The minimum atomic E-state index is -0.783. The van der Waals surface area contributed by atoms with Crippen molar-refractivity contribution in [1.82, 2.24) is 4.90 Å². The number of nitrogens with one attached hydrogen (secondary N) is 1. The van der Waals surface area contributed by atoms with E-state index in [0.29, 0.717) is 18.5 Å². The largest absolute Gasteiger partial charge is 0.861 e. The van der Waals surface area contributed by atoms with Crippen LogP contribution in [0.1, 0.15) is 24.8 Å². The summed E-state index contributed by atoms with van der Waals surface area (Å²) in [5.41, 5.74) is 0.351. The lowest BCUT2D eigenvalue weighted by atomic mass is 10.0. The highest BCUT2D eigenvalue weighted by Crippen LogP contribution is 2.37. The van der Waals surface area contributed by atoms with E-state index in [4.69, 9.17) is 5.41 Å². The molecule has 2 rings (SSSR count). The first-order chi connectivity index (χ1) is 10.9. The number of amidine groups is 1. The predicted molar refractivity (Wildman–Crippen MR) is 79.5 cm³/mol. The van der Waals surface area contributed by atoms with Gasteiger partial charge in [-0.2, -0.15) is 0 Å². The smallest absolute Gasteiger partial charge is 0.200 e. The molecule has 1 atom stereocenters. The summed E-state index contributed by atoms with van der Waals surface area (Å²) in [6, 6.07) is 1.40. The fourth-order valence-corrected chi connectivity index (χ4v) is 2.61. The molecular weight excluding hydrogens is 302 g/mol. The van der Waals surface area contributed by atoms with Crippen LogP contribution in [-0.4, -0.2) is 51.3 Å². The first-order valence-electron chi connectivity index (χ1n) is 7.38. The van der Waals surface area contributed by atoms with Crippen LogP contribution in [0.4, 0.5) is 0 Å². The van der Waals surface area contributed by atoms with Crippen molar-refractivity contribution in [2.24, 2.45) is 4.99 Å². The number of nitrogens with zero attached hydrogens (tertiary/aromatic N) is 2. The lowest BCUT2D eigenvalue weighted by Crippen LogP contribution is -2.55. The molecule has 1 aromatic carbocycles. The van der Waals surface area contributed by atoms with Gasteiger partial charge in [-0.3, -0.25) is 4.99 Å². The quantitative estimate of drug-likeness (QED) is 0.326. The zero-order chi connectivity index (χ0) is 17.0. The first kappa shape index (κ1) is 16.7. The van der Waals surface area contributed by atoms with Crippen LogP contribution in [0.3, 0.4) is 0 Å². The third kappa shape index (κ3) is 3.77. The Kier molecular flexibility index (Phi) is 5.15. The molecular formula is C15H19N3O5-2. The SMILES string of the molecule is N=C([O-])C1CCCCN1C([O-])=NCCc1ccc(O)c(O)c1O. The third-order valence-corrected chi connectivity index (χ3v) is 3.89. The molecule has 0 aliphatic carbocycles. The van der Waals surface area contributed by atoms with Gasteiger partial charge in [0, 0.05) is 13.1 Å². The molecule has 1 saturated heterocycles. The van der Waals surface area contributed by atoms with Crippen LogP contribution in [0.2, 0.25) is 0 Å². The van der Waals surface area contributed by atoms with E-state index in [-0.39, 0.29) is 13.0 Å². The number of benzene rings is 1. The van der Waals surface area contributed by atoms with Crippen LogP contribution in [0, 0.1) is 5.41 Å². The molecule has 1 heterocycles. The number of hydrogen-bond donors (Lipinski definition) is 4. The maximum atomic E-state index is 12.1. The van der Waals surface area contributed by atoms with Crippen molar-refractivity contribution in [3.63, 3.8) is 0 Å². The number of aliphatic imine (C=N–C) groups is 1. The Morgan fingerprint density at radius 3 is 2.65 bits per heavy atom. The summed E-state index contributed by atoms with van der Waals surface area (Å²) in [4.78, 5) is 5.18. The van der Waals surface area contributed by atoms with Crippen molar-refractivity contribution >= 4 is 11.9 Å². The molecule has 1 aromatic rings. The van der Waals surface area contributed by atoms with Gasteiger partial charge in [0.2, 0.25) is 5.75 Å². The Morgan fingerprint density at radius 2 is 1.96 bits per heavy atom. The van der Waals surface area contributed by atoms with E-state index in [0.717, 1.165) is 12.8 Å². The monoisotopic (exact) mass is 321 g/mol. The van der Waals surface area contributed by atoms with Crippen LogP contribution in [0.5, 0.6) is 17.2 Å². The maximum absolute atomic E-state index is 12.1. The second-order valence-corrected chi connectivity index (χ2v) is 5.42. The zero-order valence-corrected chi connectivity index (χ0v) is 12.5. The van der Waals surface area contributed by atoms with E-state index in [1.807, 2.05) is 0 Å². The number of aromatic hydroxyl groups is 3. The van der Waals surface area contributed by atoms with Crippen LogP contribution in [-0.2, 0) is 6.42 Å². The standard InChI is InChI=1S/C15H21N3O5/c16-14(22)10-3-1-2-8-18(10)15(23)17-7-6-9-4-5-11(19)13(21)12(9)20/h4-5,10,19-21H,1-3,6-8H2,(H2,16,22)(H,17,23)/p-2. The minimum Gasteiger partial charge on any atom is -0.861 e. The fourth-order valence-electron chi connectivity index (χ4n) is 2.61. The van der Waals surface area contributed by atoms with Gasteiger partial charge < -0.3 is 35.8 Å². The minimum absolute atomic E-state index is 0.0615. The molecule has 8 nitrogen and oxygen atoms in total. The highest BCUT2D eigenvalue weighted by Gasteiger charge is 2.21. The Labute approximate surface area is 133 Å². The van der Waals surface area contributed by atoms with Gasteiger partial charge in [-0.15, -0.1) is 0 Å². The summed E-state index contributed by atoms with van der Waals surface area (Å²) < 4.78 is 0. The van der Waals surface area contributed by atoms with Gasteiger partial charge in [0.25, 0.3) is 0 Å². The lowest BCUT2D eigenvalue weighted by molar-refractivity contribution is -0.248. The number of rotatable bonds is 4. The second kappa shape index (κ2) is 7.08. The van der Waals surface area contributed by atoms with Crippen molar-refractivity contribution in [3.05, 3.63) is 17.7 Å². The topological polar surface area (TPSA) is 146 Å². The zero-order valence-electron chi connectivity index (χ0n) is 12.5. The number of likely N-dealkylation sites (tertiary alicyclic amines) is 1. The molecule has 8 heteroatoms. The van der Waals surface area contributed by atoms with E-state index in [1.165, 1.54) is 17.0 Å². The van der Waals surface area contributed by atoms with Gasteiger partial charge in [-0.25, -0.2) is 0 Å². The van der Waals surface area contributed by atoms with Gasteiger partial charge >= 0.3 is 0 Å².